The van der Waals surface area contributed by atoms with E-state index in [1.807, 2.05) is 0 Å². The lowest BCUT2D eigenvalue weighted by atomic mass is 11.0. The average molecular weight is 57.1 g/mol. The molecule has 0 aliphatic carbocycles. The summed E-state index contributed by atoms with van der Waals surface area (Å²) in [4.78, 5) is 0. The summed E-state index contributed by atoms with van der Waals surface area (Å²) >= 11 is 0. The molecule has 2 heteroatoms. The molecule has 23 valence electrons. The van der Waals surface area contributed by atoms with E-state index in [2.05, 4.69) is 5.32 Å². The highest BCUT2D eigenvalue weighted by molar-refractivity contribution is 4.58. The Hall–Kier alpha value is -0.0800. The van der Waals surface area contributed by atoms with E-state index < -0.39 is 0 Å². The van der Waals surface area contributed by atoms with Crippen molar-refractivity contribution >= 4 is 0 Å². The third-order valence-corrected chi connectivity index (χ3v) is 0.250. The molecule has 0 bridgehead atoms. The van der Waals surface area contributed by atoms with Crippen LogP contribution in [0, 0.1) is 0 Å². The van der Waals surface area contributed by atoms with Gasteiger partial charge in [0.2, 0.25) is 0 Å². The molecule has 3 radical (unpaired) electrons. The van der Waals surface area contributed by atoms with Crippen LogP contribution in [0.25, 0.3) is 0 Å². The minimum atomic E-state index is 0. The first kappa shape index (κ1) is 3.92. The maximum atomic E-state index is 3.00. The molecule has 0 saturated carbocycles. The largest absolute Gasteiger partial charge is 0.314 e. The van der Waals surface area contributed by atoms with Crippen molar-refractivity contribution in [2.24, 2.45) is 0 Å². The molecule has 1 rings (SSSR count). The Morgan fingerprint density at radius 3 is 1.50 bits per heavy atom. The van der Waals surface area contributed by atoms with E-state index in [1.54, 1.807) is 0 Å². The molecular formula is C2H5N2. The van der Waals surface area contributed by atoms with Crippen LogP contribution in [-0.2, 0) is 0 Å². The molecule has 1 aliphatic heterocycles. The topological polar surface area (TPSA) is 52.4 Å². The Morgan fingerprint density at radius 1 is 1.25 bits per heavy atom. The van der Waals surface area contributed by atoms with Crippen LogP contribution in [0.3, 0.4) is 0 Å². The van der Waals surface area contributed by atoms with Gasteiger partial charge in [-0.3, -0.25) is 0 Å². The zero-order valence-electron chi connectivity index (χ0n) is 2.36. The van der Waals surface area contributed by atoms with Crippen LogP contribution in [0.1, 0.15) is 0 Å². The summed E-state index contributed by atoms with van der Waals surface area (Å²) in [5.41, 5.74) is 0. The maximum absolute atomic E-state index is 3.00. The van der Waals surface area contributed by atoms with Crippen LogP contribution in [-0.4, -0.2) is 13.1 Å². The summed E-state index contributed by atoms with van der Waals surface area (Å²) in [7, 11) is 0. The van der Waals surface area contributed by atoms with Crippen molar-refractivity contribution in [1.29, 1.82) is 0 Å². The summed E-state index contributed by atoms with van der Waals surface area (Å²) < 4.78 is 0. The van der Waals surface area contributed by atoms with E-state index in [9.17, 15) is 0 Å². The molecule has 0 unspecified atom stereocenters. The number of nitrogens with zero attached hydrogens (tertiary/aromatic N) is 1. The molecule has 1 saturated heterocycles. The van der Waals surface area contributed by atoms with Crippen LogP contribution >= 0.6 is 0 Å². The molecule has 0 amide bonds. The number of hydrogen-bond acceptors (Lipinski definition) is 1. The molecule has 0 aromatic rings. The van der Waals surface area contributed by atoms with Gasteiger partial charge in [-0.1, -0.05) is 0 Å². The van der Waals surface area contributed by atoms with Crippen molar-refractivity contribution in [1.82, 2.24) is 11.5 Å². The highest BCUT2D eigenvalue weighted by atomic mass is 15.0. The van der Waals surface area contributed by atoms with Gasteiger partial charge in [0.1, 0.15) is 0 Å². The van der Waals surface area contributed by atoms with Crippen LogP contribution < -0.4 is 11.5 Å². The highest BCUT2D eigenvalue weighted by Crippen LogP contribution is 1.65. The average Bonchev–Trinajstić information content (AvgIpc) is 1.46. The molecule has 0 aromatic carbocycles. The SMILES string of the molecule is C1CN1.[N]. The minimum absolute atomic E-state index is 0. The van der Waals surface area contributed by atoms with Crippen LogP contribution in [0.15, 0.2) is 0 Å². The fraction of sp³-hybridized carbons (Fsp3) is 1.00. The first-order chi connectivity index (χ1) is 1.50. The van der Waals surface area contributed by atoms with Crippen molar-refractivity contribution in [3.8, 4) is 0 Å². The summed E-state index contributed by atoms with van der Waals surface area (Å²) in [6.07, 6.45) is 0. The molecule has 2 nitrogen and oxygen atoms in total. The first-order valence-corrected chi connectivity index (χ1v) is 1.21. The summed E-state index contributed by atoms with van der Waals surface area (Å²) in [5.74, 6) is 0. The van der Waals surface area contributed by atoms with Gasteiger partial charge in [0, 0.05) is 19.2 Å². The molecule has 0 aromatic heterocycles. The second kappa shape index (κ2) is 1.26. The third-order valence-electron chi connectivity index (χ3n) is 0.250. The fourth-order valence-corrected chi connectivity index (χ4v) is 0. The normalized spacial score (nSPS) is 18.0. The van der Waals surface area contributed by atoms with E-state index in [1.165, 1.54) is 13.1 Å². The molecule has 0 spiro atoms. The van der Waals surface area contributed by atoms with Crippen molar-refractivity contribution in [3.05, 3.63) is 0 Å². The number of rotatable bonds is 0. The van der Waals surface area contributed by atoms with E-state index >= 15 is 0 Å². The molecule has 1 aliphatic rings. The fourth-order valence-electron chi connectivity index (χ4n) is 0. The van der Waals surface area contributed by atoms with Crippen molar-refractivity contribution in [2.45, 2.75) is 0 Å². The third kappa shape index (κ3) is 1.92. The predicted octanol–water partition coefficient (Wildman–Crippen LogP) is -0.891. The Labute approximate surface area is 25.8 Å². The van der Waals surface area contributed by atoms with Crippen molar-refractivity contribution in [3.63, 3.8) is 0 Å². The molecule has 0 atom stereocenters. The predicted molar refractivity (Wildman–Crippen MR) is 15.0 cm³/mol. The van der Waals surface area contributed by atoms with E-state index in [0.29, 0.717) is 0 Å². The van der Waals surface area contributed by atoms with Gasteiger partial charge in [0.05, 0.1) is 0 Å². The minimum Gasteiger partial charge on any atom is -0.314 e. The van der Waals surface area contributed by atoms with Gasteiger partial charge in [-0.25, -0.2) is 0 Å². The summed E-state index contributed by atoms with van der Waals surface area (Å²) in [6, 6.07) is 0. The van der Waals surface area contributed by atoms with Crippen LogP contribution in [0.5, 0.6) is 0 Å². The smallest absolute Gasteiger partial charge is 0.00772 e. The zero-order valence-corrected chi connectivity index (χ0v) is 2.36. The Morgan fingerprint density at radius 2 is 1.50 bits per heavy atom. The van der Waals surface area contributed by atoms with Gasteiger partial charge in [0.15, 0.2) is 0 Å². The van der Waals surface area contributed by atoms with Gasteiger partial charge < -0.3 is 5.32 Å². The lowest BCUT2D eigenvalue weighted by Gasteiger charge is -1.21. The van der Waals surface area contributed by atoms with Gasteiger partial charge in [-0.2, -0.15) is 0 Å². The standard InChI is InChI=1S/C2H5N.N/c1-2-3-1;/h3H,1-2H2;. The quantitative estimate of drug-likeness (QED) is 0.360. The second-order valence-electron chi connectivity index (χ2n) is 0.750. The van der Waals surface area contributed by atoms with Gasteiger partial charge in [-0.05, 0) is 0 Å². The zero-order chi connectivity index (χ0) is 2.12. The van der Waals surface area contributed by atoms with E-state index in [0.717, 1.165) is 0 Å². The van der Waals surface area contributed by atoms with E-state index in [-0.39, 0.29) is 6.15 Å². The Balaban J connectivity index is 0.0000000900. The monoisotopic (exact) mass is 57.0 g/mol. The highest BCUT2D eigenvalue weighted by Gasteiger charge is 1.91. The summed E-state index contributed by atoms with van der Waals surface area (Å²) in [6.45, 7) is 2.50. The van der Waals surface area contributed by atoms with Crippen molar-refractivity contribution in [2.75, 3.05) is 13.1 Å². The number of nitrogens with one attached hydrogen (secondary N) is 1. The van der Waals surface area contributed by atoms with Crippen LogP contribution in [0.4, 0.5) is 0 Å². The maximum Gasteiger partial charge on any atom is 0.00772 e. The van der Waals surface area contributed by atoms with Gasteiger partial charge in [0.25, 0.3) is 0 Å². The van der Waals surface area contributed by atoms with Gasteiger partial charge in [-0.15, -0.1) is 0 Å². The lowest BCUT2D eigenvalue weighted by Crippen LogP contribution is -1.56. The van der Waals surface area contributed by atoms with Crippen molar-refractivity contribution < 1.29 is 0 Å². The van der Waals surface area contributed by atoms with Crippen LogP contribution in [0.2, 0.25) is 0 Å². The Kier molecular flexibility index (Phi) is 1.24. The number of hydrogen-bond donors (Lipinski definition) is 1. The Bertz CT molecular complexity index is 8.75. The molecule has 1 heterocycles. The second-order valence-corrected chi connectivity index (χ2v) is 0.750. The molecule has 4 heavy (non-hydrogen) atoms. The lowest BCUT2D eigenvalue weighted by molar-refractivity contribution is 1.34. The first-order valence-electron chi connectivity index (χ1n) is 1.21. The summed E-state index contributed by atoms with van der Waals surface area (Å²) in [5, 5.41) is 3.00. The van der Waals surface area contributed by atoms with Gasteiger partial charge >= 0.3 is 0 Å². The molecule has 1 fully saturated rings. The molecular weight excluding hydrogens is 52.0 g/mol. The molecule has 1 N–H and O–H groups in total. The van der Waals surface area contributed by atoms with E-state index in [4.69, 9.17) is 0 Å².